The minimum Gasteiger partial charge on any atom is -0.313 e. The van der Waals surface area contributed by atoms with E-state index in [2.05, 4.69) is 28.0 Å². The van der Waals surface area contributed by atoms with Gasteiger partial charge >= 0.3 is 0 Å². The van der Waals surface area contributed by atoms with Gasteiger partial charge in [-0.15, -0.1) is 11.3 Å². The number of hydrogen-bond donors (Lipinski definition) is 3. The molecular formula is C23H31N5O5S2. The van der Waals surface area contributed by atoms with Gasteiger partial charge in [0, 0.05) is 43.5 Å². The molecule has 0 fully saturated rings. The summed E-state index contributed by atoms with van der Waals surface area (Å²) in [5.74, 6) is -1.38. The zero-order chi connectivity index (χ0) is 25.8. The van der Waals surface area contributed by atoms with E-state index in [1.54, 1.807) is 13.8 Å². The molecule has 0 bridgehead atoms. The number of rotatable bonds is 8. The van der Waals surface area contributed by atoms with Crippen molar-refractivity contribution in [3.63, 3.8) is 0 Å². The molecule has 0 unspecified atom stereocenters. The Bertz CT molecular complexity index is 1200. The van der Waals surface area contributed by atoms with Crippen molar-refractivity contribution in [2.24, 2.45) is 0 Å². The molecule has 1 aliphatic heterocycles. The molecule has 3 N–H and O–H groups in total. The van der Waals surface area contributed by atoms with E-state index < -0.39 is 27.7 Å². The van der Waals surface area contributed by atoms with Crippen LogP contribution in [0.2, 0.25) is 0 Å². The molecule has 12 heteroatoms. The van der Waals surface area contributed by atoms with E-state index in [9.17, 15) is 22.8 Å². The van der Waals surface area contributed by atoms with Crippen molar-refractivity contribution in [2.45, 2.75) is 45.6 Å². The number of likely N-dealkylation sites (N-methyl/N-ethyl adjacent to an activating group) is 1. The number of sulfonamides is 1. The van der Waals surface area contributed by atoms with Gasteiger partial charge in [0.05, 0.1) is 10.5 Å². The summed E-state index contributed by atoms with van der Waals surface area (Å²) in [6, 6.07) is 5.72. The third kappa shape index (κ3) is 5.89. The van der Waals surface area contributed by atoms with Crippen LogP contribution in [0.5, 0.6) is 0 Å². The number of benzene rings is 1. The number of hydrazine groups is 1. The Labute approximate surface area is 209 Å². The number of thiophene rings is 1. The Kier molecular flexibility index (Phi) is 8.65. The Morgan fingerprint density at radius 3 is 2.26 bits per heavy atom. The number of nitrogens with one attached hydrogen (secondary N) is 3. The Hall–Kier alpha value is -2.80. The first-order valence-electron chi connectivity index (χ1n) is 11.5. The normalized spacial score (nSPS) is 13.9. The first-order chi connectivity index (χ1) is 16.6. The van der Waals surface area contributed by atoms with Crippen LogP contribution >= 0.6 is 11.3 Å². The highest BCUT2D eigenvalue weighted by molar-refractivity contribution is 7.89. The number of anilines is 1. The number of carbonyl (C=O) groups excluding carboxylic acids is 3. The molecular weight excluding hydrogens is 490 g/mol. The summed E-state index contributed by atoms with van der Waals surface area (Å²) < 4.78 is 26.8. The summed E-state index contributed by atoms with van der Waals surface area (Å²) in [5.41, 5.74) is 6.14. The molecule has 1 aliphatic rings. The van der Waals surface area contributed by atoms with Gasteiger partial charge in [0.25, 0.3) is 11.8 Å². The van der Waals surface area contributed by atoms with E-state index in [4.69, 9.17) is 0 Å². The van der Waals surface area contributed by atoms with Crippen LogP contribution in [0.3, 0.4) is 0 Å². The standard InChI is InChI=1S/C23H31N5O5S2/c1-5-27-13-12-18-19(14-27)34-23(20(18)22(31)26-25-15(4)29)24-21(30)16-8-10-17(11-9-16)35(32,33)28(6-2)7-3/h8-11H,5-7,12-14H2,1-4H3,(H,24,30)(H,25,29)(H,26,31). The molecule has 2 aromatic rings. The predicted octanol–water partition coefficient (Wildman–Crippen LogP) is 2.19. The lowest BCUT2D eigenvalue weighted by Gasteiger charge is -2.25. The molecule has 190 valence electrons. The van der Waals surface area contributed by atoms with Gasteiger partial charge in [0.1, 0.15) is 5.00 Å². The van der Waals surface area contributed by atoms with Crippen LogP contribution in [0.4, 0.5) is 5.00 Å². The van der Waals surface area contributed by atoms with Gasteiger partial charge in [0.15, 0.2) is 0 Å². The molecule has 0 aliphatic carbocycles. The molecule has 0 saturated heterocycles. The smallest absolute Gasteiger partial charge is 0.272 e. The first-order valence-corrected chi connectivity index (χ1v) is 13.7. The fraction of sp³-hybridized carbons (Fsp3) is 0.435. The summed E-state index contributed by atoms with van der Waals surface area (Å²) in [6.07, 6.45) is 0.649. The summed E-state index contributed by atoms with van der Waals surface area (Å²) in [7, 11) is -3.63. The number of carbonyl (C=O) groups is 3. The van der Waals surface area contributed by atoms with Crippen molar-refractivity contribution >= 4 is 44.1 Å². The van der Waals surface area contributed by atoms with E-state index in [1.807, 2.05) is 0 Å². The average Bonchev–Trinajstić information content (AvgIpc) is 3.19. The highest BCUT2D eigenvalue weighted by Crippen LogP contribution is 2.37. The van der Waals surface area contributed by atoms with Gasteiger partial charge in [-0.2, -0.15) is 4.31 Å². The zero-order valence-corrected chi connectivity index (χ0v) is 21.9. The van der Waals surface area contributed by atoms with Crippen LogP contribution in [0.15, 0.2) is 29.2 Å². The van der Waals surface area contributed by atoms with E-state index >= 15 is 0 Å². The highest BCUT2D eigenvalue weighted by atomic mass is 32.2. The molecule has 0 spiro atoms. The van der Waals surface area contributed by atoms with E-state index in [1.165, 1.54) is 46.8 Å². The molecule has 1 aromatic heterocycles. The maximum absolute atomic E-state index is 13.0. The van der Waals surface area contributed by atoms with Gasteiger partial charge < -0.3 is 5.32 Å². The number of hydrogen-bond acceptors (Lipinski definition) is 7. The Morgan fingerprint density at radius 2 is 1.69 bits per heavy atom. The van der Waals surface area contributed by atoms with E-state index in [0.717, 1.165) is 23.5 Å². The molecule has 3 rings (SSSR count). The van der Waals surface area contributed by atoms with Crippen molar-refractivity contribution in [1.82, 2.24) is 20.1 Å². The predicted molar refractivity (Wildman–Crippen MR) is 135 cm³/mol. The topological polar surface area (TPSA) is 128 Å². The maximum atomic E-state index is 13.0. The second-order valence-corrected chi connectivity index (χ2v) is 11.1. The lowest BCUT2D eigenvalue weighted by atomic mass is 10.0. The van der Waals surface area contributed by atoms with Crippen molar-refractivity contribution in [3.8, 4) is 0 Å². The largest absolute Gasteiger partial charge is 0.313 e. The van der Waals surface area contributed by atoms with Crippen LogP contribution < -0.4 is 16.2 Å². The number of nitrogens with zero attached hydrogens (tertiary/aromatic N) is 2. The molecule has 0 atom stereocenters. The minimum absolute atomic E-state index is 0.111. The second kappa shape index (κ2) is 11.3. The fourth-order valence-electron chi connectivity index (χ4n) is 3.93. The first kappa shape index (κ1) is 26.8. The number of amides is 3. The van der Waals surface area contributed by atoms with Gasteiger partial charge in [-0.25, -0.2) is 8.42 Å². The quantitative estimate of drug-likeness (QED) is 0.457. The SMILES string of the molecule is CCN1CCc2c(sc(NC(=O)c3ccc(S(=O)(=O)N(CC)CC)cc3)c2C(=O)NNC(C)=O)C1. The monoisotopic (exact) mass is 521 g/mol. The van der Waals surface area contributed by atoms with Crippen molar-refractivity contribution in [3.05, 3.63) is 45.8 Å². The van der Waals surface area contributed by atoms with Crippen molar-refractivity contribution < 1.29 is 22.8 Å². The van der Waals surface area contributed by atoms with Crippen molar-refractivity contribution in [2.75, 3.05) is 31.5 Å². The molecule has 1 aromatic carbocycles. The zero-order valence-electron chi connectivity index (χ0n) is 20.3. The minimum atomic E-state index is -3.63. The van der Waals surface area contributed by atoms with Crippen LogP contribution in [0, 0.1) is 0 Å². The summed E-state index contributed by atoms with van der Waals surface area (Å²) in [5, 5.41) is 3.21. The summed E-state index contributed by atoms with van der Waals surface area (Å²) >= 11 is 1.33. The van der Waals surface area contributed by atoms with Crippen LogP contribution in [-0.2, 0) is 27.8 Å². The van der Waals surface area contributed by atoms with E-state index in [0.29, 0.717) is 36.6 Å². The van der Waals surface area contributed by atoms with Crippen LogP contribution in [0.1, 0.15) is 58.9 Å². The second-order valence-electron chi connectivity index (χ2n) is 8.03. The van der Waals surface area contributed by atoms with Gasteiger partial charge in [-0.05, 0) is 42.8 Å². The Balaban J connectivity index is 1.87. The fourth-order valence-corrected chi connectivity index (χ4v) is 6.67. The molecule has 35 heavy (non-hydrogen) atoms. The summed E-state index contributed by atoms with van der Waals surface area (Å²) in [6.45, 7) is 9.92. The molecule has 0 saturated carbocycles. The maximum Gasteiger partial charge on any atom is 0.272 e. The lowest BCUT2D eigenvalue weighted by Crippen LogP contribution is -2.41. The van der Waals surface area contributed by atoms with Gasteiger partial charge in [-0.3, -0.25) is 30.1 Å². The van der Waals surface area contributed by atoms with Gasteiger partial charge in [0.2, 0.25) is 15.9 Å². The molecule has 10 nitrogen and oxygen atoms in total. The molecule has 3 amide bonds. The third-order valence-corrected chi connectivity index (χ3v) is 9.05. The van der Waals surface area contributed by atoms with E-state index in [-0.39, 0.29) is 10.5 Å². The molecule has 2 heterocycles. The summed E-state index contributed by atoms with van der Waals surface area (Å²) in [4.78, 5) is 40.5. The third-order valence-electron chi connectivity index (χ3n) is 5.85. The van der Waals surface area contributed by atoms with Crippen molar-refractivity contribution in [1.29, 1.82) is 0 Å². The van der Waals surface area contributed by atoms with Gasteiger partial charge in [-0.1, -0.05) is 20.8 Å². The highest BCUT2D eigenvalue weighted by Gasteiger charge is 2.29. The van der Waals surface area contributed by atoms with Crippen LogP contribution in [0.25, 0.3) is 0 Å². The van der Waals surface area contributed by atoms with Crippen LogP contribution in [-0.4, -0.2) is 61.5 Å². The molecule has 0 radical (unpaired) electrons. The average molecular weight is 522 g/mol. The Morgan fingerprint density at radius 1 is 1.03 bits per heavy atom. The lowest BCUT2D eigenvalue weighted by molar-refractivity contribution is -0.119. The number of fused-ring (bicyclic) bond motifs is 1.